The Hall–Kier alpha value is -0.890. The first-order valence-electron chi connectivity index (χ1n) is 6.18. The fourth-order valence-electron chi connectivity index (χ4n) is 2.34. The quantitative estimate of drug-likeness (QED) is 0.821. The zero-order valence-corrected chi connectivity index (χ0v) is 10.1. The lowest BCUT2D eigenvalue weighted by atomic mass is 10.1. The van der Waals surface area contributed by atoms with E-state index in [1.807, 2.05) is 6.07 Å². The molecule has 1 aliphatic rings. The summed E-state index contributed by atoms with van der Waals surface area (Å²) >= 11 is 0. The number of rotatable bonds is 4. The molecular formula is C14H20FN. The highest BCUT2D eigenvalue weighted by Gasteiger charge is 2.21. The average molecular weight is 221 g/mol. The summed E-state index contributed by atoms with van der Waals surface area (Å²) in [5, 5.41) is 3.57. The maximum Gasteiger partial charge on any atom is 0.123 e. The van der Waals surface area contributed by atoms with E-state index in [1.165, 1.54) is 17.5 Å². The molecule has 88 valence electrons. The van der Waals surface area contributed by atoms with Gasteiger partial charge in [0.2, 0.25) is 0 Å². The van der Waals surface area contributed by atoms with Crippen molar-refractivity contribution in [3.05, 3.63) is 35.1 Å². The highest BCUT2D eigenvalue weighted by atomic mass is 19.1. The molecule has 0 spiro atoms. The van der Waals surface area contributed by atoms with Crippen LogP contribution in [0.5, 0.6) is 0 Å². The Morgan fingerprint density at radius 3 is 3.00 bits per heavy atom. The van der Waals surface area contributed by atoms with Crippen LogP contribution in [-0.2, 0) is 6.42 Å². The zero-order chi connectivity index (χ0) is 11.5. The van der Waals surface area contributed by atoms with Gasteiger partial charge in [0.1, 0.15) is 5.82 Å². The van der Waals surface area contributed by atoms with Crippen LogP contribution in [0, 0.1) is 11.7 Å². The van der Waals surface area contributed by atoms with Crippen LogP contribution >= 0.6 is 0 Å². The minimum absolute atomic E-state index is 0.110. The second kappa shape index (κ2) is 4.96. The molecule has 1 aliphatic carbocycles. The minimum atomic E-state index is -0.110. The molecule has 1 atom stereocenters. The van der Waals surface area contributed by atoms with Gasteiger partial charge in [-0.2, -0.15) is 0 Å². The Balaban J connectivity index is 1.95. The highest BCUT2D eigenvalue weighted by molar-refractivity contribution is 5.34. The summed E-state index contributed by atoms with van der Waals surface area (Å²) in [6.07, 6.45) is 3.32. The lowest BCUT2D eigenvalue weighted by molar-refractivity contribution is 0.476. The van der Waals surface area contributed by atoms with Crippen molar-refractivity contribution in [2.24, 2.45) is 5.92 Å². The first-order chi connectivity index (χ1) is 7.66. The van der Waals surface area contributed by atoms with Crippen molar-refractivity contribution < 1.29 is 4.39 Å². The number of fused-ring (bicyclic) bond motifs is 1. The van der Waals surface area contributed by atoms with E-state index < -0.39 is 0 Å². The summed E-state index contributed by atoms with van der Waals surface area (Å²) in [6, 6.07) is 5.63. The molecule has 1 N–H and O–H groups in total. The first-order valence-corrected chi connectivity index (χ1v) is 6.18. The molecule has 0 saturated heterocycles. The van der Waals surface area contributed by atoms with Crippen molar-refractivity contribution in [3.63, 3.8) is 0 Å². The van der Waals surface area contributed by atoms with Gasteiger partial charge in [-0.1, -0.05) is 19.9 Å². The Morgan fingerprint density at radius 2 is 2.25 bits per heavy atom. The predicted molar refractivity (Wildman–Crippen MR) is 64.9 cm³/mol. The molecular weight excluding hydrogens is 201 g/mol. The molecule has 0 aliphatic heterocycles. The third-order valence-corrected chi connectivity index (χ3v) is 3.30. The van der Waals surface area contributed by atoms with Gasteiger partial charge in [0, 0.05) is 6.04 Å². The number of hydrogen-bond donors (Lipinski definition) is 1. The van der Waals surface area contributed by atoms with E-state index in [2.05, 4.69) is 19.2 Å². The van der Waals surface area contributed by atoms with E-state index in [0.29, 0.717) is 6.04 Å². The molecule has 0 radical (unpaired) electrons. The molecule has 1 aromatic rings. The van der Waals surface area contributed by atoms with Crippen molar-refractivity contribution >= 4 is 0 Å². The van der Waals surface area contributed by atoms with Crippen LogP contribution < -0.4 is 5.32 Å². The summed E-state index contributed by atoms with van der Waals surface area (Å²) in [5.41, 5.74) is 2.48. The number of benzene rings is 1. The summed E-state index contributed by atoms with van der Waals surface area (Å²) in [7, 11) is 0. The lowest BCUT2D eigenvalue weighted by Crippen LogP contribution is -2.21. The maximum atomic E-state index is 13.0. The predicted octanol–water partition coefficient (Wildman–Crippen LogP) is 3.45. The molecule has 0 heterocycles. The van der Waals surface area contributed by atoms with Crippen molar-refractivity contribution in [1.82, 2.24) is 5.32 Å². The second-order valence-corrected chi connectivity index (χ2v) is 5.07. The number of hydrogen-bond acceptors (Lipinski definition) is 1. The van der Waals surface area contributed by atoms with E-state index >= 15 is 0 Å². The van der Waals surface area contributed by atoms with Crippen LogP contribution in [0.15, 0.2) is 18.2 Å². The fraction of sp³-hybridized carbons (Fsp3) is 0.571. The fourth-order valence-corrected chi connectivity index (χ4v) is 2.34. The Morgan fingerprint density at radius 1 is 1.44 bits per heavy atom. The highest BCUT2D eigenvalue weighted by Crippen LogP contribution is 2.31. The molecule has 0 aromatic heterocycles. The van der Waals surface area contributed by atoms with Gasteiger partial charge in [0.25, 0.3) is 0 Å². The molecule has 0 amide bonds. The monoisotopic (exact) mass is 221 g/mol. The minimum Gasteiger partial charge on any atom is -0.310 e. The van der Waals surface area contributed by atoms with Crippen molar-refractivity contribution in [2.75, 3.05) is 6.54 Å². The smallest absolute Gasteiger partial charge is 0.123 e. The van der Waals surface area contributed by atoms with Crippen LogP contribution in [0.25, 0.3) is 0 Å². The van der Waals surface area contributed by atoms with E-state index in [4.69, 9.17) is 0 Å². The van der Waals surface area contributed by atoms with Crippen LogP contribution in [0.4, 0.5) is 4.39 Å². The molecule has 0 fully saturated rings. The zero-order valence-electron chi connectivity index (χ0n) is 10.1. The van der Waals surface area contributed by atoms with Crippen LogP contribution in [0.2, 0.25) is 0 Å². The summed E-state index contributed by atoms with van der Waals surface area (Å²) in [5.74, 6) is 0.628. The molecule has 2 rings (SSSR count). The largest absolute Gasteiger partial charge is 0.310 e. The first kappa shape index (κ1) is 11.6. The van der Waals surface area contributed by atoms with Gasteiger partial charge in [0.05, 0.1) is 0 Å². The molecule has 1 aromatic carbocycles. The van der Waals surface area contributed by atoms with Crippen molar-refractivity contribution in [1.29, 1.82) is 0 Å². The van der Waals surface area contributed by atoms with Gasteiger partial charge in [0.15, 0.2) is 0 Å². The Labute approximate surface area is 97.1 Å². The summed E-state index contributed by atoms with van der Waals surface area (Å²) in [6.45, 7) is 5.53. The van der Waals surface area contributed by atoms with Crippen molar-refractivity contribution in [2.45, 2.75) is 39.2 Å². The molecule has 16 heavy (non-hydrogen) atoms. The standard InChI is InChI=1S/C14H20FN/c1-10(2)7-8-16-14-6-3-11-9-12(15)4-5-13(11)14/h4-5,9-10,14,16H,3,6-8H2,1-2H3. The van der Waals surface area contributed by atoms with Gasteiger partial charge < -0.3 is 5.32 Å². The third kappa shape index (κ3) is 2.62. The molecule has 1 unspecified atom stereocenters. The van der Waals surface area contributed by atoms with Crippen LogP contribution in [0.1, 0.15) is 43.9 Å². The summed E-state index contributed by atoms with van der Waals surface area (Å²) in [4.78, 5) is 0. The van der Waals surface area contributed by atoms with Crippen LogP contribution in [0.3, 0.4) is 0 Å². The van der Waals surface area contributed by atoms with Crippen LogP contribution in [-0.4, -0.2) is 6.54 Å². The topological polar surface area (TPSA) is 12.0 Å². The van der Waals surface area contributed by atoms with Gasteiger partial charge >= 0.3 is 0 Å². The van der Waals surface area contributed by atoms with E-state index in [-0.39, 0.29) is 5.82 Å². The number of aryl methyl sites for hydroxylation is 1. The molecule has 2 heteroatoms. The van der Waals surface area contributed by atoms with Gasteiger partial charge in [-0.15, -0.1) is 0 Å². The van der Waals surface area contributed by atoms with Gasteiger partial charge in [-0.25, -0.2) is 4.39 Å². The molecule has 1 nitrogen and oxygen atoms in total. The Bertz CT molecular complexity index is 360. The average Bonchev–Trinajstić information content (AvgIpc) is 2.60. The number of halogens is 1. The van der Waals surface area contributed by atoms with E-state index in [9.17, 15) is 4.39 Å². The SMILES string of the molecule is CC(C)CCNC1CCc2cc(F)ccc21. The van der Waals surface area contributed by atoms with E-state index in [1.54, 1.807) is 12.1 Å². The molecule has 0 bridgehead atoms. The van der Waals surface area contributed by atoms with Gasteiger partial charge in [-0.05, 0) is 55.0 Å². The van der Waals surface area contributed by atoms with Gasteiger partial charge in [-0.3, -0.25) is 0 Å². The maximum absolute atomic E-state index is 13.0. The normalized spacial score (nSPS) is 19.1. The summed E-state index contributed by atoms with van der Waals surface area (Å²) < 4.78 is 13.0. The second-order valence-electron chi connectivity index (χ2n) is 5.07. The number of nitrogens with one attached hydrogen (secondary N) is 1. The van der Waals surface area contributed by atoms with E-state index in [0.717, 1.165) is 25.3 Å². The van der Waals surface area contributed by atoms with Crippen molar-refractivity contribution in [3.8, 4) is 0 Å². The lowest BCUT2D eigenvalue weighted by Gasteiger charge is -2.14. The molecule has 0 saturated carbocycles. The third-order valence-electron chi connectivity index (χ3n) is 3.30. The Kier molecular flexibility index (Phi) is 3.59.